The van der Waals surface area contributed by atoms with Gasteiger partial charge in [0.2, 0.25) is 5.91 Å². The number of fused-ring (bicyclic) bond motifs is 1. The maximum absolute atomic E-state index is 12.9. The van der Waals surface area contributed by atoms with Crippen LogP contribution in [0.25, 0.3) is 0 Å². The van der Waals surface area contributed by atoms with Crippen molar-refractivity contribution in [3.05, 3.63) is 39.9 Å². The van der Waals surface area contributed by atoms with Crippen molar-refractivity contribution in [2.45, 2.75) is 38.5 Å². The molecule has 1 aromatic carbocycles. The maximum Gasteiger partial charge on any atom is 0.334 e. The van der Waals surface area contributed by atoms with Gasteiger partial charge in [-0.25, -0.2) is 4.79 Å². The highest BCUT2D eigenvalue weighted by atomic mass is 16.6. The zero-order valence-electron chi connectivity index (χ0n) is 14.2. The van der Waals surface area contributed by atoms with Crippen molar-refractivity contribution in [2.75, 3.05) is 0 Å². The lowest BCUT2D eigenvalue weighted by molar-refractivity contribution is -0.384. The fourth-order valence-corrected chi connectivity index (χ4v) is 4.16. The Kier molecular flexibility index (Phi) is 4.06. The van der Waals surface area contributed by atoms with Crippen molar-refractivity contribution >= 4 is 23.3 Å². The number of hydrogen-bond donors (Lipinski definition) is 2. The van der Waals surface area contributed by atoms with Gasteiger partial charge in [-0.3, -0.25) is 19.7 Å². The number of benzene rings is 1. The minimum Gasteiger partial charge on any atom is -0.479 e. The van der Waals surface area contributed by atoms with Crippen molar-refractivity contribution in [1.29, 1.82) is 0 Å². The topological polar surface area (TPSA) is 138 Å². The number of hydrogen-bond acceptors (Lipinski definition) is 6. The fourth-order valence-electron chi connectivity index (χ4n) is 4.16. The second-order valence-corrected chi connectivity index (χ2v) is 7.08. The summed E-state index contributed by atoms with van der Waals surface area (Å²) in [5, 5.41) is 30.1. The molecule has 0 radical (unpaired) electrons. The smallest absolute Gasteiger partial charge is 0.334 e. The van der Waals surface area contributed by atoms with Crippen LogP contribution in [0.4, 0.5) is 5.69 Å². The van der Waals surface area contributed by atoms with Gasteiger partial charge in [0, 0.05) is 12.1 Å². The van der Waals surface area contributed by atoms with Gasteiger partial charge in [0.25, 0.3) is 5.69 Å². The Morgan fingerprint density at radius 3 is 2.38 bits per heavy atom. The van der Waals surface area contributed by atoms with Crippen LogP contribution in [0.15, 0.2) is 24.3 Å². The maximum atomic E-state index is 12.9. The van der Waals surface area contributed by atoms with Crippen LogP contribution in [-0.4, -0.2) is 55.9 Å². The number of Topliss-reactive ketones (excluding diaryl/α,β-unsaturated/α-hetero) is 1. The Labute approximate surface area is 148 Å². The number of aliphatic carboxylic acids is 1. The molecular weight excluding hydrogens is 344 g/mol. The van der Waals surface area contributed by atoms with Gasteiger partial charge in [0.15, 0.2) is 11.8 Å². The predicted octanol–water partition coefficient (Wildman–Crippen LogP) is 0.387. The quantitative estimate of drug-likeness (QED) is 0.334. The molecule has 1 aromatic rings. The lowest BCUT2D eigenvalue weighted by atomic mass is 9.67. The predicted molar refractivity (Wildman–Crippen MR) is 87.1 cm³/mol. The molecule has 2 fully saturated rings. The normalized spacial score (nSPS) is 31.3. The Hall–Kier alpha value is -2.81. The Morgan fingerprint density at radius 2 is 1.92 bits per heavy atom. The summed E-state index contributed by atoms with van der Waals surface area (Å²) in [6.45, 7) is 3.02. The summed E-state index contributed by atoms with van der Waals surface area (Å²) in [5.41, 5.74) is -0.683. The molecule has 9 nitrogen and oxygen atoms in total. The molecule has 2 saturated heterocycles. The van der Waals surface area contributed by atoms with Crippen LogP contribution in [0.1, 0.15) is 19.4 Å². The highest BCUT2D eigenvalue weighted by molar-refractivity contribution is 6.13. The Morgan fingerprint density at radius 1 is 1.35 bits per heavy atom. The first-order chi connectivity index (χ1) is 12.1. The van der Waals surface area contributed by atoms with Crippen molar-refractivity contribution in [3.63, 3.8) is 0 Å². The molecule has 26 heavy (non-hydrogen) atoms. The van der Waals surface area contributed by atoms with Gasteiger partial charge >= 0.3 is 5.97 Å². The summed E-state index contributed by atoms with van der Waals surface area (Å²) in [5.74, 6) is -3.38. The second kappa shape index (κ2) is 5.87. The number of β-lactam (4-membered cyclic amide) rings is 1. The SMILES string of the molecule is C[C@@H](O)[C@H]1C(=O)N2C(C(=O)O)C(=O)[C@](C)(Cc3ccc([N+](=O)[O-])cc3)[C@H]12. The zero-order valence-corrected chi connectivity index (χ0v) is 14.2. The van der Waals surface area contributed by atoms with E-state index in [2.05, 4.69) is 0 Å². The highest BCUT2D eigenvalue weighted by Crippen LogP contribution is 2.51. The summed E-state index contributed by atoms with van der Waals surface area (Å²) in [6.07, 6.45) is -0.897. The van der Waals surface area contributed by atoms with Crippen molar-refractivity contribution in [1.82, 2.24) is 4.90 Å². The molecule has 0 saturated carbocycles. The van der Waals surface area contributed by atoms with Crippen molar-refractivity contribution in [3.8, 4) is 0 Å². The van der Waals surface area contributed by atoms with Crippen LogP contribution in [0.5, 0.6) is 0 Å². The Bertz CT molecular complexity index is 804. The first-order valence-corrected chi connectivity index (χ1v) is 8.10. The van der Waals surface area contributed by atoms with Gasteiger partial charge in [-0.1, -0.05) is 19.1 Å². The van der Waals surface area contributed by atoms with E-state index < -0.39 is 52.1 Å². The van der Waals surface area contributed by atoms with Gasteiger partial charge < -0.3 is 15.1 Å². The summed E-state index contributed by atoms with van der Waals surface area (Å²) < 4.78 is 0. The number of aliphatic hydroxyl groups excluding tert-OH is 1. The number of ketones is 1. The number of amides is 1. The number of carboxylic acids is 1. The van der Waals surface area contributed by atoms with E-state index in [0.717, 1.165) is 4.90 Å². The molecular formula is C17H18N2O7. The van der Waals surface area contributed by atoms with Crippen LogP contribution in [-0.2, 0) is 20.8 Å². The molecule has 138 valence electrons. The van der Waals surface area contributed by atoms with E-state index in [1.165, 1.54) is 31.2 Å². The molecule has 1 unspecified atom stereocenters. The summed E-state index contributed by atoms with van der Waals surface area (Å²) in [6, 6.07) is 3.34. The Balaban J connectivity index is 1.97. The monoisotopic (exact) mass is 362 g/mol. The molecule has 2 heterocycles. The van der Waals surface area contributed by atoms with Crippen LogP contribution in [0, 0.1) is 21.4 Å². The number of non-ortho nitro benzene ring substituents is 1. The largest absolute Gasteiger partial charge is 0.479 e. The molecule has 2 aliphatic heterocycles. The summed E-state index contributed by atoms with van der Waals surface area (Å²) in [4.78, 5) is 47.9. The van der Waals surface area contributed by atoms with Crippen LogP contribution in [0.3, 0.4) is 0 Å². The van der Waals surface area contributed by atoms with Crippen LogP contribution >= 0.6 is 0 Å². The van der Waals surface area contributed by atoms with Crippen molar-refractivity contribution in [2.24, 2.45) is 11.3 Å². The third kappa shape index (κ3) is 2.38. The average Bonchev–Trinajstić information content (AvgIpc) is 2.74. The number of carboxylic acid groups (broad SMARTS) is 1. The van der Waals surface area contributed by atoms with E-state index in [4.69, 9.17) is 0 Å². The third-order valence-corrected chi connectivity index (χ3v) is 5.39. The first kappa shape index (κ1) is 18.0. The number of rotatable bonds is 5. The molecule has 0 aliphatic carbocycles. The lowest BCUT2D eigenvalue weighted by Crippen LogP contribution is -2.67. The number of carbonyl (C=O) groups is 3. The van der Waals surface area contributed by atoms with E-state index in [9.17, 15) is 34.7 Å². The van der Waals surface area contributed by atoms with Gasteiger partial charge in [-0.2, -0.15) is 0 Å². The summed E-state index contributed by atoms with van der Waals surface area (Å²) >= 11 is 0. The van der Waals surface area contributed by atoms with E-state index in [1.54, 1.807) is 6.92 Å². The first-order valence-electron chi connectivity index (χ1n) is 8.10. The molecule has 2 N–H and O–H groups in total. The molecule has 1 amide bonds. The van der Waals surface area contributed by atoms with Gasteiger partial charge in [-0.05, 0) is 18.9 Å². The fraction of sp³-hybridized carbons (Fsp3) is 0.471. The lowest BCUT2D eigenvalue weighted by Gasteiger charge is -2.49. The molecule has 2 aliphatic rings. The standard InChI is InChI=1S/C17H18N2O7/c1-8(20)11-13-17(2,7-9-3-5-10(6-4-9)19(25)26)14(21)12(16(23)24)18(13)15(11)22/h3-6,8,11-13,20H,7H2,1-2H3,(H,23,24)/t8-,11-,12?,13+,17-/m1/s1. The van der Waals surface area contributed by atoms with E-state index in [0.29, 0.717) is 5.56 Å². The third-order valence-electron chi connectivity index (χ3n) is 5.39. The average molecular weight is 362 g/mol. The zero-order chi connectivity index (χ0) is 19.4. The second-order valence-electron chi connectivity index (χ2n) is 7.08. The van der Waals surface area contributed by atoms with Crippen LogP contribution in [0.2, 0.25) is 0 Å². The number of nitrogens with zero attached hydrogens (tertiary/aromatic N) is 2. The molecule has 5 atom stereocenters. The van der Waals surface area contributed by atoms with Gasteiger partial charge in [0.1, 0.15) is 0 Å². The van der Waals surface area contributed by atoms with E-state index >= 15 is 0 Å². The van der Waals surface area contributed by atoms with E-state index in [-0.39, 0.29) is 12.1 Å². The van der Waals surface area contributed by atoms with Crippen molar-refractivity contribution < 1.29 is 29.5 Å². The molecule has 0 bridgehead atoms. The van der Waals surface area contributed by atoms with E-state index in [1.807, 2.05) is 0 Å². The molecule has 3 rings (SSSR count). The minimum atomic E-state index is -1.56. The molecule has 9 heteroatoms. The number of aliphatic hydroxyl groups is 1. The summed E-state index contributed by atoms with van der Waals surface area (Å²) in [7, 11) is 0. The van der Waals surface area contributed by atoms with Gasteiger partial charge in [-0.15, -0.1) is 0 Å². The van der Waals surface area contributed by atoms with Gasteiger partial charge in [0.05, 0.1) is 28.4 Å². The number of nitro groups is 1. The molecule has 0 aromatic heterocycles. The highest BCUT2D eigenvalue weighted by Gasteiger charge is 2.70. The number of nitro benzene ring substituents is 1. The number of carbonyl (C=O) groups excluding carboxylic acids is 2. The molecule has 0 spiro atoms. The van der Waals surface area contributed by atoms with Crippen LogP contribution < -0.4 is 0 Å². The minimum absolute atomic E-state index is 0.0950.